The Hall–Kier alpha value is -1.69. The van der Waals surface area contributed by atoms with Crippen molar-refractivity contribution in [2.45, 2.75) is 19.9 Å². The number of carbonyl (C=O) groups is 1. The van der Waals surface area contributed by atoms with E-state index in [1.54, 1.807) is 19.0 Å². The quantitative estimate of drug-likeness (QED) is 0.778. The Morgan fingerprint density at radius 3 is 2.40 bits per heavy atom. The summed E-state index contributed by atoms with van der Waals surface area (Å²) in [5.74, 6) is 0.855. The predicted molar refractivity (Wildman–Crippen MR) is 78.8 cm³/mol. The minimum Gasteiger partial charge on any atom is -0.347 e. The van der Waals surface area contributed by atoms with E-state index in [9.17, 15) is 4.79 Å². The summed E-state index contributed by atoms with van der Waals surface area (Å²) in [4.78, 5) is 27.1. The molecule has 1 atom stereocenters. The molecule has 0 aliphatic carbocycles. The van der Waals surface area contributed by atoms with E-state index in [4.69, 9.17) is 0 Å². The first-order valence-electron chi connectivity index (χ1n) is 6.87. The Balaban J connectivity index is 2.20. The van der Waals surface area contributed by atoms with Crippen LogP contribution in [0.4, 0.5) is 5.95 Å². The fourth-order valence-corrected chi connectivity index (χ4v) is 2.47. The molecule has 1 saturated heterocycles. The van der Waals surface area contributed by atoms with E-state index in [1.165, 1.54) is 0 Å². The lowest BCUT2D eigenvalue weighted by Crippen LogP contribution is -2.57. The van der Waals surface area contributed by atoms with Gasteiger partial charge < -0.3 is 9.80 Å². The number of piperazine rings is 1. The summed E-state index contributed by atoms with van der Waals surface area (Å²) in [6, 6.07) is 1.82. The zero-order chi connectivity index (χ0) is 14.9. The molecule has 1 aliphatic heterocycles. The van der Waals surface area contributed by atoms with E-state index in [-0.39, 0.29) is 11.9 Å². The molecule has 1 aromatic rings. The van der Waals surface area contributed by atoms with Crippen LogP contribution >= 0.6 is 0 Å². The molecular weight excluding hydrogens is 254 g/mol. The van der Waals surface area contributed by atoms with E-state index < -0.39 is 0 Å². The minimum atomic E-state index is -0.136. The van der Waals surface area contributed by atoms with Crippen LogP contribution in [0.15, 0.2) is 6.07 Å². The lowest BCUT2D eigenvalue weighted by molar-refractivity contribution is -0.134. The van der Waals surface area contributed by atoms with Crippen LogP contribution in [0, 0.1) is 13.8 Å². The number of likely N-dealkylation sites (N-methyl/N-ethyl adjacent to an activating group) is 2. The van der Waals surface area contributed by atoms with Crippen molar-refractivity contribution < 1.29 is 4.79 Å². The van der Waals surface area contributed by atoms with Gasteiger partial charge in [-0.05, 0) is 27.0 Å². The second-order valence-corrected chi connectivity index (χ2v) is 5.63. The fraction of sp³-hybridized carbons (Fsp3) is 0.643. The van der Waals surface area contributed by atoms with Crippen LogP contribution in [0.2, 0.25) is 0 Å². The third kappa shape index (κ3) is 3.07. The van der Waals surface area contributed by atoms with Crippen LogP contribution < -0.4 is 4.90 Å². The molecule has 6 nitrogen and oxygen atoms in total. The first-order valence-corrected chi connectivity index (χ1v) is 6.87. The summed E-state index contributed by atoms with van der Waals surface area (Å²) >= 11 is 0. The molecule has 0 unspecified atom stereocenters. The molecule has 110 valence electrons. The van der Waals surface area contributed by atoms with E-state index >= 15 is 0 Å². The van der Waals surface area contributed by atoms with Crippen molar-refractivity contribution >= 4 is 11.9 Å². The Bertz CT molecular complexity index is 482. The molecule has 0 aromatic carbocycles. The van der Waals surface area contributed by atoms with Crippen molar-refractivity contribution in [3.8, 4) is 0 Å². The number of aryl methyl sites for hydroxylation is 2. The highest BCUT2D eigenvalue weighted by atomic mass is 16.2. The number of aromatic nitrogens is 2. The largest absolute Gasteiger partial charge is 0.347 e. The van der Waals surface area contributed by atoms with Crippen LogP contribution in [0.5, 0.6) is 0 Å². The van der Waals surface area contributed by atoms with Gasteiger partial charge in [0.2, 0.25) is 11.9 Å². The first kappa shape index (κ1) is 14.7. The van der Waals surface area contributed by atoms with Gasteiger partial charge in [-0.2, -0.15) is 0 Å². The molecule has 1 aromatic heterocycles. The number of amides is 1. The molecule has 20 heavy (non-hydrogen) atoms. The van der Waals surface area contributed by atoms with E-state index in [2.05, 4.69) is 19.8 Å². The van der Waals surface area contributed by atoms with E-state index in [1.807, 2.05) is 27.0 Å². The van der Waals surface area contributed by atoms with E-state index in [0.717, 1.165) is 30.4 Å². The summed E-state index contributed by atoms with van der Waals surface area (Å²) in [5, 5.41) is 0. The number of anilines is 1. The Morgan fingerprint density at radius 1 is 1.25 bits per heavy atom. The number of hydrogen-bond donors (Lipinski definition) is 0. The van der Waals surface area contributed by atoms with Crippen LogP contribution in [0.1, 0.15) is 11.4 Å². The van der Waals surface area contributed by atoms with Crippen molar-refractivity contribution in [3.05, 3.63) is 17.5 Å². The third-order valence-electron chi connectivity index (χ3n) is 3.63. The van der Waals surface area contributed by atoms with Gasteiger partial charge in [-0.1, -0.05) is 0 Å². The molecule has 6 heteroatoms. The molecule has 2 rings (SSSR count). The highest BCUT2D eigenvalue weighted by Gasteiger charge is 2.32. The van der Waals surface area contributed by atoms with Crippen LogP contribution in [0.3, 0.4) is 0 Å². The fourth-order valence-electron chi connectivity index (χ4n) is 2.47. The average molecular weight is 277 g/mol. The highest BCUT2D eigenvalue weighted by molar-refractivity contribution is 5.82. The number of carbonyl (C=O) groups excluding carboxylic acids is 1. The second-order valence-electron chi connectivity index (χ2n) is 5.63. The van der Waals surface area contributed by atoms with Crippen molar-refractivity contribution in [3.63, 3.8) is 0 Å². The maximum atomic E-state index is 12.2. The summed E-state index contributed by atoms with van der Waals surface area (Å²) in [6.07, 6.45) is 0. The smallest absolute Gasteiger partial charge is 0.241 e. The zero-order valence-corrected chi connectivity index (χ0v) is 12.9. The van der Waals surface area contributed by atoms with Crippen molar-refractivity contribution in [1.82, 2.24) is 19.8 Å². The second kappa shape index (κ2) is 5.75. The van der Waals surface area contributed by atoms with Gasteiger partial charge in [0.05, 0.1) is 0 Å². The molecule has 1 amide bonds. The monoisotopic (exact) mass is 277 g/mol. The van der Waals surface area contributed by atoms with Gasteiger partial charge in [0.1, 0.15) is 6.04 Å². The number of rotatable bonds is 2. The van der Waals surface area contributed by atoms with Crippen LogP contribution in [-0.4, -0.2) is 72.5 Å². The Labute approximate surface area is 120 Å². The maximum Gasteiger partial charge on any atom is 0.241 e. The Kier molecular flexibility index (Phi) is 4.23. The molecule has 0 saturated carbocycles. The molecule has 0 bridgehead atoms. The summed E-state index contributed by atoms with van der Waals surface area (Å²) in [6.45, 7) is 6.25. The molecule has 0 N–H and O–H groups in total. The number of hydrogen-bond acceptors (Lipinski definition) is 5. The van der Waals surface area contributed by atoms with Crippen molar-refractivity contribution in [1.29, 1.82) is 0 Å². The molecule has 0 spiro atoms. The van der Waals surface area contributed by atoms with E-state index in [0.29, 0.717) is 6.54 Å². The van der Waals surface area contributed by atoms with Crippen LogP contribution in [-0.2, 0) is 4.79 Å². The summed E-state index contributed by atoms with van der Waals surface area (Å²) in [7, 11) is 5.58. The molecular formula is C14H23N5O. The minimum absolute atomic E-state index is 0.126. The number of nitrogens with zero attached hydrogens (tertiary/aromatic N) is 5. The van der Waals surface area contributed by atoms with Crippen LogP contribution in [0.25, 0.3) is 0 Å². The molecule has 2 heterocycles. The normalized spacial score (nSPS) is 20.1. The SMILES string of the molecule is Cc1cc(C)nc(N2CCN(C)[C@@H](C(=O)N(C)C)C2)n1. The topological polar surface area (TPSA) is 52.6 Å². The zero-order valence-electron chi connectivity index (χ0n) is 12.9. The van der Waals surface area contributed by atoms with Gasteiger partial charge in [-0.25, -0.2) is 9.97 Å². The predicted octanol–water partition coefficient (Wildman–Crippen LogP) is 0.302. The molecule has 1 aliphatic rings. The third-order valence-corrected chi connectivity index (χ3v) is 3.63. The maximum absolute atomic E-state index is 12.2. The highest BCUT2D eigenvalue weighted by Crippen LogP contribution is 2.16. The lowest BCUT2D eigenvalue weighted by Gasteiger charge is -2.39. The lowest BCUT2D eigenvalue weighted by atomic mass is 10.1. The van der Waals surface area contributed by atoms with Gasteiger partial charge in [0, 0.05) is 45.1 Å². The average Bonchev–Trinajstić information content (AvgIpc) is 2.37. The van der Waals surface area contributed by atoms with Gasteiger partial charge in [0.25, 0.3) is 0 Å². The standard InChI is InChI=1S/C14H23N5O/c1-10-8-11(2)16-14(15-10)19-7-6-18(5)12(9-19)13(20)17(3)4/h8,12H,6-7,9H2,1-5H3/t12-/m1/s1. The van der Waals surface area contributed by atoms with Gasteiger partial charge in [-0.3, -0.25) is 9.69 Å². The van der Waals surface area contributed by atoms with Crippen molar-refractivity contribution in [2.24, 2.45) is 0 Å². The van der Waals surface area contributed by atoms with Gasteiger partial charge in [-0.15, -0.1) is 0 Å². The van der Waals surface area contributed by atoms with Gasteiger partial charge in [0.15, 0.2) is 0 Å². The molecule has 0 radical (unpaired) electrons. The van der Waals surface area contributed by atoms with Gasteiger partial charge >= 0.3 is 0 Å². The summed E-state index contributed by atoms with van der Waals surface area (Å²) < 4.78 is 0. The summed E-state index contributed by atoms with van der Waals surface area (Å²) in [5.41, 5.74) is 1.92. The Morgan fingerprint density at radius 2 is 1.85 bits per heavy atom. The molecule has 1 fully saturated rings. The first-order chi connectivity index (χ1) is 9.38. The van der Waals surface area contributed by atoms with Crippen molar-refractivity contribution in [2.75, 3.05) is 45.7 Å².